The second kappa shape index (κ2) is 21.2. The van der Waals surface area contributed by atoms with Crippen LogP contribution in [-0.2, 0) is 42.6 Å². The van der Waals surface area contributed by atoms with Crippen molar-refractivity contribution in [2.75, 3.05) is 20.8 Å². The quantitative estimate of drug-likeness (QED) is 0.0884. The van der Waals surface area contributed by atoms with Crippen molar-refractivity contribution in [3.05, 3.63) is 23.3 Å². The molecule has 13 unspecified atom stereocenters. The average Bonchev–Trinajstić information content (AvgIpc) is 3.17. The van der Waals surface area contributed by atoms with E-state index in [0.717, 1.165) is 30.4 Å². The van der Waals surface area contributed by atoms with Crippen LogP contribution in [-0.4, -0.2) is 110 Å². The first-order valence-corrected chi connectivity index (χ1v) is 25.8. The molecule has 4 rings (SSSR count). The summed E-state index contributed by atoms with van der Waals surface area (Å²) in [6, 6.07) is -1.03. The molecule has 1 saturated carbocycles. The molecule has 1 amide bonds. The summed E-state index contributed by atoms with van der Waals surface area (Å²) in [6.07, 6.45) is 8.66. The maximum atomic E-state index is 14.4. The third-order valence-electron chi connectivity index (χ3n) is 12.9. The Kier molecular flexibility index (Phi) is 17.8. The van der Waals surface area contributed by atoms with Crippen LogP contribution in [0.2, 0.25) is 19.6 Å². The highest BCUT2D eigenvalue weighted by molar-refractivity contribution is 6.69. The van der Waals surface area contributed by atoms with Gasteiger partial charge in [0.2, 0.25) is 5.79 Å². The van der Waals surface area contributed by atoms with Crippen molar-refractivity contribution >= 4 is 43.4 Å². The number of methoxy groups -OCH3 is 2. The molecule has 2 saturated heterocycles. The summed E-state index contributed by atoms with van der Waals surface area (Å²) in [4.78, 5) is 57.9. The number of nitrogens with zero attached hydrogens (tertiary/aromatic N) is 1. The lowest BCUT2D eigenvalue weighted by Crippen LogP contribution is -2.64. The highest BCUT2D eigenvalue weighted by Gasteiger charge is 2.56. The number of allylic oxidation sites excluding steroid dienone is 3. The van der Waals surface area contributed by atoms with E-state index >= 15 is 0 Å². The third kappa shape index (κ3) is 12.3. The molecule has 1 aliphatic carbocycles. The van der Waals surface area contributed by atoms with E-state index in [-0.39, 0.29) is 53.9 Å². The van der Waals surface area contributed by atoms with Crippen molar-refractivity contribution in [1.29, 1.82) is 0 Å². The second-order valence-electron chi connectivity index (χ2n) is 19.0. The predicted molar refractivity (Wildman–Crippen MR) is 228 cm³/mol. The summed E-state index contributed by atoms with van der Waals surface area (Å²) >= 11 is 6.91. The van der Waals surface area contributed by atoms with Gasteiger partial charge in [-0.1, -0.05) is 45.4 Å². The number of esters is 1. The number of Topliss-reactive ketones (excluding diaryl/α,β-unsaturated/α-hetero) is 2. The number of piperidine rings is 1. The monoisotopic (exact) mass is 851 g/mol. The number of cyclic esters (lactones) is 1. The zero-order valence-corrected chi connectivity index (χ0v) is 39.0. The van der Waals surface area contributed by atoms with Gasteiger partial charge in [-0.2, -0.15) is 0 Å². The van der Waals surface area contributed by atoms with E-state index in [9.17, 15) is 24.3 Å². The van der Waals surface area contributed by atoms with Crippen LogP contribution >= 0.6 is 11.6 Å². The van der Waals surface area contributed by atoms with E-state index in [2.05, 4.69) is 38.7 Å². The number of carbonyl (C=O) groups excluding carboxylic acids is 4. The first-order chi connectivity index (χ1) is 27.2. The van der Waals surface area contributed by atoms with Crippen LogP contribution in [0.1, 0.15) is 119 Å². The normalized spacial score (nSPS) is 39.6. The molecule has 13 atom stereocenters. The second-order valence-corrected chi connectivity index (χ2v) is 24.0. The molecule has 0 aromatic carbocycles. The van der Waals surface area contributed by atoms with Crippen LogP contribution in [0.25, 0.3) is 0 Å². The van der Waals surface area contributed by atoms with E-state index in [1.54, 1.807) is 21.1 Å². The number of ketones is 2. The van der Waals surface area contributed by atoms with Crippen molar-refractivity contribution in [2.45, 2.75) is 186 Å². The fourth-order valence-electron chi connectivity index (χ4n) is 9.70. The standard InChI is InChI=1S/C45H74ClNO10Si/c1-12-33-22-27(2)21-28(3)23-38(53-7)41-39(54-8)25-31(6)45(52,56-41)42(49)43(50)47-20-14-13-15-35(47)44(51)55-40(29(4)16-18-36(33)48)30(5)24-32-17-19-37(34(46)26-32)57-58(9,10)11/h22,24,28-29,31-35,37-41,52H,12-21,23,25-26H2,1-11H3/b27-22+,30-24?. The number of amides is 1. The summed E-state index contributed by atoms with van der Waals surface area (Å²) in [7, 11) is 1.35. The summed E-state index contributed by atoms with van der Waals surface area (Å²) < 4.78 is 30.9. The van der Waals surface area contributed by atoms with Gasteiger partial charge in [0.15, 0.2) is 8.32 Å². The molecule has 13 heteroatoms. The number of fused-ring (bicyclic) bond motifs is 3. The maximum absolute atomic E-state index is 14.4. The van der Waals surface area contributed by atoms with Crippen LogP contribution in [0.4, 0.5) is 0 Å². The van der Waals surface area contributed by atoms with Crippen molar-refractivity contribution in [1.82, 2.24) is 4.90 Å². The fourth-order valence-corrected chi connectivity index (χ4v) is 11.4. The van der Waals surface area contributed by atoms with Crippen molar-refractivity contribution in [3.8, 4) is 0 Å². The Morgan fingerprint density at radius 3 is 2.28 bits per heavy atom. The third-order valence-corrected chi connectivity index (χ3v) is 14.4. The highest BCUT2D eigenvalue weighted by atomic mass is 35.5. The molecule has 3 heterocycles. The topological polar surface area (TPSA) is 138 Å². The molecular formula is C45H74ClNO10Si. The van der Waals surface area contributed by atoms with E-state index < -0.39 is 68.1 Å². The number of aliphatic hydroxyl groups is 1. The molecule has 4 aliphatic rings. The number of hydrogen-bond donors (Lipinski definition) is 1. The maximum Gasteiger partial charge on any atom is 0.329 e. The van der Waals surface area contributed by atoms with Gasteiger partial charge in [0.25, 0.3) is 11.7 Å². The Labute approximate surface area is 354 Å². The Morgan fingerprint density at radius 1 is 0.983 bits per heavy atom. The molecule has 330 valence electrons. The van der Waals surface area contributed by atoms with Gasteiger partial charge in [0, 0.05) is 39.0 Å². The van der Waals surface area contributed by atoms with Crippen LogP contribution in [0.15, 0.2) is 23.3 Å². The lowest BCUT2D eigenvalue weighted by molar-refractivity contribution is -0.302. The van der Waals surface area contributed by atoms with Gasteiger partial charge >= 0.3 is 5.97 Å². The minimum atomic E-state index is -2.46. The average molecular weight is 853 g/mol. The summed E-state index contributed by atoms with van der Waals surface area (Å²) in [5.74, 6) is -6.00. The number of halogens is 1. The SMILES string of the molecule is CCC1/C=C(\C)CC(C)CC(OC)C2OC(O)(C(=O)C(=O)N3CCCCC3C(=O)OC(C(C)=CC3CCC(O[Si](C)(C)C)C(Cl)C3)C(C)CCC1=O)C(C)CC2OC. The molecule has 1 N–H and O–H groups in total. The fraction of sp³-hybridized carbons (Fsp3) is 0.822. The lowest BCUT2D eigenvalue weighted by atomic mass is 9.82. The molecule has 11 nitrogen and oxygen atoms in total. The first-order valence-electron chi connectivity index (χ1n) is 21.9. The summed E-state index contributed by atoms with van der Waals surface area (Å²) in [6.45, 7) is 18.5. The molecule has 0 spiro atoms. The largest absolute Gasteiger partial charge is 0.456 e. The van der Waals surface area contributed by atoms with Gasteiger partial charge in [-0.05, 0) is 127 Å². The minimum absolute atomic E-state index is 0.00827. The van der Waals surface area contributed by atoms with Gasteiger partial charge in [0.1, 0.15) is 24.0 Å². The van der Waals surface area contributed by atoms with E-state index in [1.165, 1.54) is 4.90 Å². The zero-order valence-electron chi connectivity index (χ0n) is 37.2. The van der Waals surface area contributed by atoms with Gasteiger partial charge in [-0.25, -0.2) is 4.79 Å². The van der Waals surface area contributed by atoms with E-state index in [1.807, 2.05) is 27.7 Å². The van der Waals surface area contributed by atoms with Gasteiger partial charge in [-0.15, -0.1) is 11.6 Å². The van der Waals surface area contributed by atoms with Crippen molar-refractivity contribution in [2.24, 2.45) is 29.6 Å². The molecule has 0 radical (unpaired) electrons. The number of hydrogen-bond acceptors (Lipinski definition) is 10. The number of ether oxygens (including phenoxy) is 4. The first kappa shape index (κ1) is 48.7. The van der Waals surface area contributed by atoms with Crippen LogP contribution in [0.3, 0.4) is 0 Å². The molecule has 0 aromatic rings. The van der Waals surface area contributed by atoms with Crippen LogP contribution < -0.4 is 0 Å². The van der Waals surface area contributed by atoms with Gasteiger partial charge < -0.3 is 33.4 Å². The Morgan fingerprint density at radius 2 is 1.66 bits per heavy atom. The van der Waals surface area contributed by atoms with Gasteiger partial charge in [-0.3, -0.25) is 14.4 Å². The smallest absolute Gasteiger partial charge is 0.329 e. The van der Waals surface area contributed by atoms with Crippen molar-refractivity contribution < 1.29 is 47.7 Å². The van der Waals surface area contributed by atoms with E-state index in [0.29, 0.717) is 51.4 Å². The number of rotatable bonds is 7. The molecule has 58 heavy (non-hydrogen) atoms. The zero-order chi connectivity index (χ0) is 43.1. The Balaban J connectivity index is 1.71. The number of alkyl halides is 1. The number of carbonyl (C=O) groups is 4. The predicted octanol–water partition coefficient (Wildman–Crippen LogP) is 7.95. The molecule has 2 bridgehead atoms. The highest BCUT2D eigenvalue weighted by Crippen LogP contribution is 2.39. The molecule has 0 aromatic heterocycles. The van der Waals surface area contributed by atoms with Crippen LogP contribution in [0, 0.1) is 29.6 Å². The minimum Gasteiger partial charge on any atom is -0.456 e. The molecule has 3 aliphatic heterocycles. The van der Waals surface area contributed by atoms with E-state index in [4.69, 9.17) is 35.0 Å². The van der Waals surface area contributed by atoms with Crippen LogP contribution in [0.5, 0.6) is 0 Å². The Hall–Kier alpha value is -1.93. The summed E-state index contributed by atoms with van der Waals surface area (Å²) in [5, 5.41) is 11.9. The lowest BCUT2D eigenvalue weighted by Gasteiger charge is -2.47. The Bertz CT molecular complexity index is 1500. The molecule has 3 fully saturated rings. The van der Waals surface area contributed by atoms with Crippen molar-refractivity contribution in [3.63, 3.8) is 0 Å². The summed E-state index contributed by atoms with van der Waals surface area (Å²) in [5.41, 5.74) is 1.96. The molecular weight excluding hydrogens is 778 g/mol. The van der Waals surface area contributed by atoms with Gasteiger partial charge in [0.05, 0.1) is 23.7 Å².